The van der Waals surface area contributed by atoms with E-state index in [1.165, 1.54) is 25.3 Å². The van der Waals surface area contributed by atoms with E-state index in [2.05, 4.69) is 29.2 Å². The second kappa shape index (κ2) is 4.53. The highest BCUT2D eigenvalue weighted by atomic mass is 32.2. The van der Waals surface area contributed by atoms with Gasteiger partial charge in [-0.15, -0.1) is 0 Å². The van der Waals surface area contributed by atoms with Crippen molar-refractivity contribution in [2.24, 2.45) is 10.9 Å². The van der Waals surface area contributed by atoms with E-state index in [1.54, 1.807) is 0 Å². The smallest absolute Gasteiger partial charge is 0.156 e. The summed E-state index contributed by atoms with van der Waals surface area (Å²) in [5.74, 6) is 1.95. The van der Waals surface area contributed by atoms with E-state index >= 15 is 0 Å². The topological polar surface area (TPSA) is 27.6 Å². The van der Waals surface area contributed by atoms with Gasteiger partial charge in [-0.1, -0.05) is 11.8 Å². The number of nitrogens with one attached hydrogen (secondary N) is 1. The summed E-state index contributed by atoms with van der Waals surface area (Å²) in [7, 11) is 2.19. The third-order valence-corrected chi connectivity index (χ3v) is 4.01. The summed E-state index contributed by atoms with van der Waals surface area (Å²) in [5.41, 5.74) is 0. The van der Waals surface area contributed by atoms with Gasteiger partial charge in [0.1, 0.15) is 0 Å². The molecule has 14 heavy (non-hydrogen) atoms. The molecule has 2 unspecified atom stereocenters. The fraction of sp³-hybridized carbons (Fsp3) is 0.900. The minimum absolute atomic E-state index is 0.602. The summed E-state index contributed by atoms with van der Waals surface area (Å²) in [6, 6.07) is 0.602. The van der Waals surface area contributed by atoms with Gasteiger partial charge in [-0.2, -0.15) is 0 Å². The Morgan fingerprint density at radius 3 is 3.07 bits per heavy atom. The first kappa shape index (κ1) is 10.3. The van der Waals surface area contributed by atoms with E-state index in [-0.39, 0.29) is 0 Å². The van der Waals surface area contributed by atoms with Gasteiger partial charge in [0.15, 0.2) is 5.17 Å². The van der Waals surface area contributed by atoms with Gasteiger partial charge in [-0.3, -0.25) is 4.99 Å². The van der Waals surface area contributed by atoms with Gasteiger partial charge in [0.2, 0.25) is 0 Å². The van der Waals surface area contributed by atoms with Crippen molar-refractivity contribution in [2.45, 2.75) is 19.4 Å². The van der Waals surface area contributed by atoms with Crippen LogP contribution in [-0.4, -0.2) is 48.5 Å². The molecule has 80 valence electrons. The summed E-state index contributed by atoms with van der Waals surface area (Å²) in [4.78, 5) is 7.02. The molecule has 3 nitrogen and oxygen atoms in total. The predicted molar refractivity (Wildman–Crippen MR) is 63.0 cm³/mol. The Hall–Kier alpha value is -0.220. The Morgan fingerprint density at radius 2 is 2.50 bits per heavy atom. The fourth-order valence-electron chi connectivity index (χ4n) is 1.98. The number of likely N-dealkylation sites (tertiary alicyclic amines) is 1. The Balaban J connectivity index is 1.76. The molecule has 2 heterocycles. The van der Waals surface area contributed by atoms with Gasteiger partial charge in [0.25, 0.3) is 0 Å². The summed E-state index contributed by atoms with van der Waals surface area (Å²) in [5, 5.41) is 4.55. The molecular formula is C10H19N3S. The van der Waals surface area contributed by atoms with Gasteiger partial charge >= 0.3 is 0 Å². The zero-order chi connectivity index (χ0) is 9.97. The first-order valence-electron chi connectivity index (χ1n) is 5.36. The highest BCUT2D eigenvalue weighted by Crippen LogP contribution is 2.17. The van der Waals surface area contributed by atoms with Crippen molar-refractivity contribution in [3.8, 4) is 0 Å². The Kier molecular flexibility index (Phi) is 3.34. The van der Waals surface area contributed by atoms with Crippen LogP contribution in [0.15, 0.2) is 4.99 Å². The number of amidine groups is 1. The number of aliphatic imine (C=N–C) groups is 1. The minimum Gasteiger partial charge on any atom is -0.362 e. The van der Waals surface area contributed by atoms with Crippen molar-refractivity contribution in [3.05, 3.63) is 0 Å². The normalized spacial score (nSPS) is 36.6. The van der Waals surface area contributed by atoms with Gasteiger partial charge < -0.3 is 10.2 Å². The maximum absolute atomic E-state index is 4.63. The number of rotatable bonds is 2. The first-order chi connectivity index (χ1) is 6.74. The van der Waals surface area contributed by atoms with E-state index in [9.17, 15) is 0 Å². The van der Waals surface area contributed by atoms with Crippen molar-refractivity contribution in [1.29, 1.82) is 0 Å². The Labute approximate surface area is 90.3 Å². The van der Waals surface area contributed by atoms with Crippen LogP contribution in [-0.2, 0) is 0 Å². The van der Waals surface area contributed by atoms with Crippen LogP contribution in [0.4, 0.5) is 0 Å². The zero-order valence-corrected chi connectivity index (χ0v) is 9.81. The third kappa shape index (κ3) is 2.64. The molecule has 2 rings (SSSR count). The third-order valence-electron chi connectivity index (χ3n) is 2.82. The van der Waals surface area contributed by atoms with Crippen molar-refractivity contribution in [2.75, 3.05) is 32.4 Å². The average Bonchev–Trinajstić information content (AvgIpc) is 2.72. The summed E-state index contributed by atoms with van der Waals surface area (Å²) in [6.07, 6.45) is 1.31. The number of hydrogen-bond donors (Lipinski definition) is 1. The SMILES string of the molecule is CC1CSC(=NCC2CCN(C)C2)N1. The lowest BCUT2D eigenvalue weighted by Crippen LogP contribution is -2.24. The van der Waals surface area contributed by atoms with Gasteiger partial charge in [-0.05, 0) is 32.9 Å². The van der Waals surface area contributed by atoms with Crippen molar-refractivity contribution >= 4 is 16.9 Å². The molecule has 0 radical (unpaired) electrons. The lowest BCUT2D eigenvalue weighted by Gasteiger charge is -2.08. The van der Waals surface area contributed by atoms with Crippen molar-refractivity contribution < 1.29 is 0 Å². The molecule has 0 spiro atoms. The van der Waals surface area contributed by atoms with Crippen LogP contribution in [0.1, 0.15) is 13.3 Å². The Morgan fingerprint density at radius 1 is 1.64 bits per heavy atom. The number of thioether (sulfide) groups is 1. The molecule has 2 saturated heterocycles. The molecule has 0 aromatic rings. The highest BCUT2D eigenvalue weighted by Gasteiger charge is 2.20. The molecule has 0 aromatic carbocycles. The molecular weight excluding hydrogens is 194 g/mol. The van der Waals surface area contributed by atoms with Gasteiger partial charge in [0.05, 0.1) is 0 Å². The fourth-order valence-corrected chi connectivity index (χ4v) is 2.92. The van der Waals surface area contributed by atoms with Crippen LogP contribution >= 0.6 is 11.8 Å². The highest BCUT2D eigenvalue weighted by molar-refractivity contribution is 8.14. The van der Waals surface area contributed by atoms with Crippen LogP contribution in [0, 0.1) is 5.92 Å². The molecule has 0 amide bonds. The summed E-state index contributed by atoms with van der Waals surface area (Å²) < 4.78 is 0. The molecule has 0 bridgehead atoms. The molecule has 0 aromatic heterocycles. The van der Waals surface area contributed by atoms with Gasteiger partial charge in [0, 0.05) is 24.9 Å². The largest absolute Gasteiger partial charge is 0.362 e. The molecule has 0 saturated carbocycles. The van der Waals surface area contributed by atoms with Crippen molar-refractivity contribution in [1.82, 2.24) is 10.2 Å². The van der Waals surface area contributed by atoms with E-state index in [0.29, 0.717) is 6.04 Å². The maximum Gasteiger partial charge on any atom is 0.156 e. The summed E-state index contributed by atoms with van der Waals surface area (Å²) in [6.45, 7) is 5.68. The zero-order valence-electron chi connectivity index (χ0n) is 8.99. The number of hydrogen-bond acceptors (Lipinski definition) is 3. The van der Waals surface area contributed by atoms with Crippen LogP contribution in [0.5, 0.6) is 0 Å². The average molecular weight is 213 g/mol. The lowest BCUT2D eigenvalue weighted by atomic mass is 10.1. The monoisotopic (exact) mass is 213 g/mol. The van der Waals surface area contributed by atoms with Crippen LogP contribution in [0.25, 0.3) is 0 Å². The van der Waals surface area contributed by atoms with E-state index in [1.807, 2.05) is 11.8 Å². The lowest BCUT2D eigenvalue weighted by molar-refractivity contribution is 0.397. The first-order valence-corrected chi connectivity index (χ1v) is 6.35. The maximum atomic E-state index is 4.63. The van der Waals surface area contributed by atoms with Crippen LogP contribution in [0.3, 0.4) is 0 Å². The van der Waals surface area contributed by atoms with E-state index < -0.39 is 0 Å². The van der Waals surface area contributed by atoms with Crippen LogP contribution in [0.2, 0.25) is 0 Å². The molecule has 4 heteroatoms. The second-order valence-electron chi connectivity index (χ2n) is 4.42. The Bertz CT molecular complexity index is 229. The van der Waals surface area contributed by atoms with Crippen molar-refractivity contribution in [3.63, 3.8) is 0 Å². The molecule has 2 atom stereocenters. The molecule has 2 aliphatic heterocycles. The molecule has 0 aliphatic carbocycles. The minimum atomic E-state index is 0.602. The standard InChI is InChI=1S/C10H19N3S/c1-8-7-14-10(12-8)11-5-9-3-4-13(2)6-9/h8-9H,3-7H2,1-2H3,(H,11,12). The van der Waals surface area contributed by atoms with Crippen LogP contribution < -0.4 is 5.32 Å². The van der Waals surface area contributed by atoms with E-state index in [0.717, 1.165) is 17.6 Å². The molecule has 2 aliphatic rings. The molecule has 2 fully saturated rings. The van der Waals surface area contributed by atoms with E-state index in [4.69, 9.17) is 0 Å². The number of nitrogens with zero attached hydrogens (tertiary/aromatic N) is 2. The quantitative estimate of drug-likeness (QED) is 0.742. The molecule has 1 N–H and O–H groups in total. The second-order valence-corrected chi connectivity index (χ2v) is 5.43. The predicted octanol–water partition coefficient (Wildman–Crippen LogP) is 1.02. The van der Waals surface area contributed by atoms with Gasteiger partial charge in [-0.25, -0.2) is 0 Å². The summed E-state index contributed by atoms with van der Waals surface area (Å²) >= 11 is 1.86.